The van der Waals surface area contributed by atoms with Gasteiger partial charge in [-0.05, 0) is 19.3 Å². The van der Waals surface area contributed by atoms with E-state index in [0.717, 1.165) is 0 Å². The molecular formula is C10H17F3O3. The molecule has 0 aromatic carbocycles. The lowest BCUT2D eigenvalue weighted by molar-refractivity contribution is -0.177. The predicted octanol–water partition coefficient (Wildman–Crippen LogP) is 2.70. The maximum atomic E-state index is 11.8. The van der Waals surface area contributed by atoms with E-state index in [1.807, 2.05) is 0 Å². The number of halogens is 3. The fraction of sp³-hybridized carbons (Fsp3) is 0.900. The molecule has 96 valence electrons. The molecule has 3 nitrogen and oxygen atoms in total. The third kappa shape index (κ3) is 4.83. The normalized spacial score (nSPS) is 16.2. The molecule has 0 aliphatic heterocycles. The summed E-state index contributed by atoms with van der Waals surface area (Å²) in [4.78, 5) is 11.0. The summed E-state index contributed by atoms with van der Waals surface area (Å²) in [6.07, 6.45) is -4.30. The molecule has 0 aliphatic rings. The molecule has 0 bridgehead atoms. The third-order valence-electron chi connectivity index (χ3n) is 2.79. The van der Waals surface area contributed by atoms with Crippen LogP contribution in [-0.2, 0) is 9.53 Å². The van der Waals surface area contributed by atoms with Crippen LogP contribution < -0.4 is 0 Å². The fourth-order valence-corrected chi connectivity index (χ4v) is 1.11. The molecule has 0 rings (SSSR count). The van der Waals surface area contributed by atoms with Crippen LogP contribution in [0.5, 0.6) is 0 Å². The van der Waals surface area contributed by atoms with Gasteiger partial charge in [0.1, 0.15) is 6.61 Å². The summed E-state index contributed by atoms with van der Waals surface area (Å²) < 4.78 is 39.7. The predicted molar refractivity (Wildman–Crippen MR) is 52.1 cm³/mol. The molecule has 1 unspecified atom stereocenters. The van der Waals surface area contributed by atoms with Crippen molar-refractivity contribution < 1.29 is 27.8 Å². The summed E-state index contributed by atoms with van der Waals surface area (Å²) in [5.41, 5.74) is -1.05. The van der Waals surface area contributed by atoms with Gasteiger partial charge in [0.2, 0.25) is 0 Å². The molecule has 0 saturated carbocycles. The number of carbonyl (C=O) groups is 1. The minimum absolute atomic E-state index is 0.0656. The van der Waals surface area contributed by atoms with Gasteiger partial charge in [0.25, 0.3) is 0 Å². The Hall–Kier alpha value is -0.780. The van der Waals surface area contributed by atoms with Crippen molar-refractivity contribution in [3.63, 3.8) is 0 Å². The zero-order chi connectivity index (χ0) is 13.0. The fourth-order valence-electron chi connectivity index (χ4n) is 1.11. The molecule has 0 aromatic heterocycles. The number of rotatable bonds is 6. The van der Waals surface area contributed by atoms with Crippen LogP contribution in [-0.4, -0.2) is 30.5 Å². The molecule has 0 amide bonds. The van der Waals surface area contributed by atoms with Crippen LogP contribution in [0.1, 0.15) is 27.2 Å². The van der Waals surface area contributed by atoms with E-state index in [1.165, 1.54) is 6.92 Å². The molecule has 0 spiro atoms. The van der Waals surface area contributed by atoms with E-state index in [4.69, 9.17) is 5.11 Å². The Kier molecular flexibility index (Phi) is 5.25. The second-order valence-corrected chi connectivity index (χ2v) is 4.30. The monoisotopic (exact) mass is 242 g/mol. The highest BCUT2D eigenvalue weighted by Gasteiger charge is 2.36. The first kappa shape index (κ1) is 15.2. The van der Waals surface area contributed by atoms with Gasteiger partial charge in [-0.15, -0.1) is 0 Å². The first-order valence-electron chi connectivity index (χ1n) is 4.97. The lowest BCUT2D eigenvalue weighted by Crippen LogP contribution is -2.34. The first-order valence-corrected chi connectivity index (χ1v) is 4.97. The van der Waals surface area contributed by atoms with Gasteiger partial charge in [0, 0.05) is 6.61 Å². The number of aliphatic carboxylic acids is 1. The quantitative estimate of drug-likeness (QED) is 0.728. The SMILES string of the molecule is CC(C)C(C)(CCOCC(F)(F)F)C(=O)O. The maximum Gasteiger partial charge on any atom is 0.411 e. The van der Waals surface area contributed by atoms with Crippen LogP contribution in [0.3, 0.4) is 0 Å². The largest absolute Gasteiger partial charge is 0.481 e. The third-order valence-corrected chi connectivity index (χ3v) is 2.79. The van der Waals surface area contributed by atoms with E-state index in [1.54, 1.807) is 13.8 Å². The highest BCUT2D eigenvalue weighted by atomic mass is 19.4. The Bertz CT molecular complexity index is 238. The number of carboxylic acid groups (broad SMARTS) is 1. The molecule has 1 atom stereocenters. The Morgan fingerprint density at radius 3 is 2.19 bits per heavy atom. The van der Waals surface area contributed by atoms with Crippen molar-refractivity contribution in [2.75, 3.05) is 13.2 Å². The Labute approximate surface area is 92.6 Å². The van der Waals surface area contributed by atoms with Crippen LogP contribution in [0.25, 0.3) is 0 Å². The van der Waals surface area contributed by atoms with Gasteiger partial charge in [-0.3, -0.25) is 4.79 Å². The smallest absolute Gasteiger partial charge is 0.411 e. The lowest BCUT2D eigenvalue weighted by atomic mass is 9.77. The van der Waals surface area contributed by atoms with Crippen LogP contribution in [0.2, 0.25) is 0 Å². The summed E-state index contributed by atoms with van der Waals surface area (Å²) in [5.74, 6) is -1.18. The molecule has 6 heteroatoms. The number of alkyl halides is 3. The van der Waals surface area contributed by atoms with Crippen molar-refractivity contribution in [1.82, 2.24) is 0 Å². The molecule has 0 radical (unpaired) electrons. The second kappa shape index (κ2) is 5.52. The van der Waals surface area contributed by atoms with Gasteiger partial charge in [-0.1, -0.05) is 13.8 Å². The Balaban J connectivity index is 4.11. The van der Waals surface area contributed by atoms with Gasteiger partial charge in [-0.25, -0.2) is 0 Å². The molecule has 0 aliphatic carbocycles. The zero-order valence-electron chi connectivity index (χ0n) is 9.60. The summed E-state index contributed by atoms with van der Waals surface area (Å²) >= 11 is 0. The first-order chi connectivity index (χ1) is 7.09. The topological polar surface area (TPSA) is 46.5 Å². The molecule has 1 N–H and O–H groups in total. The molecule has 0 heterocycles. The van der Waals surface area contributed by atoms with Crippen molar-refractivity contribution in [2.45, 2.75) is 33.4 Å². The van der Waals surface area contributed by atoms with Crippen LogP contribution in [0, 0.1) is 11.3 Å². The van der Waals surface area contributed by atoms with Gasteiger partial charge >= 0.3 is 12.1 Å². The molecular weight excluding hydrogens is 225 g/mol. The number of carboxylic acids is 1. The van der Waals surface area contributed by atoms with Crippen molar-refractivity contribution in [2.24, 2.45) is 11.3 Å². The number of hydrogen-bond donors (Lipinski definition) is 1. The second-order valence-electron chi connectivity index (χ2n) is 4.30. The Morgan fingerprint density at radius 2 is 1.88 bits per heavy atom. The highest BCUT2D eigenvalue weighted by Crippen LogP contribution is 2.31. The van der Waals surface area contributed by atoms with Crippen molar-refractivity contribution in [1.29, 1.82) is 0 Å². The van der Waals surface area contributed by atoms with Crippen molar-refractivity contribution >= 4 is 5.97 Å². The van der Waals surface area contributed by atoms with Crippen molar-refractivity contribution in [3.8, 4) is 0 Å². The molecule has 0 fully saturated rings. The van der Waals surface area contributed by atoms with E-state index >= 15 is 0 Å². The molecule has 16 heavy (non-hydrogen) atoms. The van der Waals surface area contributed by atoms with Gasteiger partial charge < -0.3 is 9.84 Å². The van der Waals surface area contributed by atoms with Gasteiger partial charge in [0.15, 0.2) is 0 Å². The number of hydrogen-bond acceptors (Lipinski definition) is 2. The standard InChI is InChI=1S/C10H17F3O3/c1-7(2)9(3,8(14)15)4-5-16-6-10(11,12)13/h7H,4-6H2,1-3H3,(H,14,15). The highest BCUT2D eigenvalue weighted by molar-refractivity contribution is 5.74. The van der Waals surface area contributed by atoms with E-state index < -0.39 is 24.2 Å². The molecule has 0 saturated heterocycles. The summed E-state index contributed by atoms with van der Waals surface area (Å²) in [7, 11) is 0. The zero-order valence-corrected chi connectivity index (χ0v) is 9.60. The average molecular weight is 242 g/mol. The van der Waals surface area contributed by atoms with Crippen LogP contribution in [0.4, 0.5) is 13.2 Å². The summed E-state index contributed by atoms with van der Waals surface area (Å²) in [5, 5.41) is 8.98. The molecule has 0 aromatic rings. The minimum Gasteiger partial charge on any atom is -0.481 e. The maximum absolute atomic E-state index is 11.8. The lowest BCUT2D eigenvalue weighted by Gasteiger charge is -2.28. The summed E-state index contributed by atoms with van der Waals surface area (Å²) in [6, 6.07) is 0. The number of ether oxygens (including phenoxy) is 1. The van der Waals surface area contributed by atoms with E-state index in [0.29, 0.717) is 0 Å². The van der Waals surface area contributed by atoms with Gasteiger partial charge in [-0.2, -0.15) is 13.2 Å². The van der Waals surface area contributed by atoms with Crippen LogP contribution >= 0.6 is 0 Å². The van der Waals surface area contributed by atoms with E-state index in [2.05, 4.69) is 4.74 Å². The van der Waals surface area contributed by atoms with Crippen LogP contribution in [0.15, 0.2) is 0 Å². The van der Waals surface area contributed by atoms with E-state index in [-0.39, 0.29) is 18.9 Å². The minimum atomic E-state index is -4.36. The Morgan fingerprint density at radius 1 is 1.38 bits per heavy atom. The summed E-state index contributed by atoms with van der Waals surface area (Å²) in [6.45, 7) is 3.41. The average Bonchev–Trinajstić information content (AvgIpc) is 2.09. The van der Waals surface area contributed by atoms with Crippen molar-refractivity contribution in [3.05, 3.63) is 0 Å². The van der Waals surface area contributed by atoms with E-state index in [9.17, 15) is 18.0 Å². The van der Waals surface area contributed by atoms with Gasteiger partial charge in [0.05, 0.1) is 5.41 Å².